The molecule has 5 nitrogen and oxygen atoms in total. The number of hydrogen-bond donors (Lipinski definition) is 1. The highest BCUT2D eigenvalue weighted by atomic mass is 16.5. The van der Waals surface area contributed by atoms with Crippen molar-refractivity contribution in [2.75, 3.05) is 6.61 Å². The third kappa shape index (κ3) is 3.40. The summed E-state index contributed by atoms with van der Waals surface area (Å²) in [6.07, 6.45) is 6.04. The standard InChI is InChI=1S/C22H23NO4/c24-21-17-11-12-18(27-14-13-15-7-3-1-4-8-15)19(16-9-5-2-6-10-16)20(17)22(25)23(21)26/h1,3-4,7-8,11-12,16,23H,2,5-6,9-10,13-14H2. The van der Waals surface area contributed by atoms with Crippen LogP contribution in [0.4, 0.5) is 0 Å². The van der Waals surface area contributed by atoms with E-state index in [0.717, 1.165) is 37.7 Å². The van der Waals surface area contributed by atoms with E-state index in [0.29, 0.717) is 17.9 Å². The van der Waals surface area contributed by atoms with Gasteiger partial charge in [0.2, 0.25) is 0 Å². The lowest BCUT2D eigenvalue weighted by Crippen LogP contribution is -3.10. The Hall–Kier alpha value is -2.50. The molecule has 2 aliphatic rings. The normalized spacial score (nSPS) is 20.0. The smallest absolute Gasteiger partial charge is 0.353 e. The zero-order valence-electron chi connectivity index (χ0n) is 15.2. The number of hydroxylamine groups is 2. The van der Waals surface area contributed by atoms with Crippen molar-refractivity contribution in [3.8, 4) is 5.75 Å². The fourth-order valence-corrected chi connectivity index (χ4v) is 4.22. The molecule has 4 rings (SSSR count). The van der Waals surface area contributed by atoms with Crippen molar-refractivity contribution in [3.05, 3.63) is 69.9 Å². The molecule has 2 aromatic rings. The number of benzene rings is 2. The molecule has 2 amide bonds. The molecule has 1 aliphatic heterocycles. The van der Waals surface area contributed by atoms with Gasteiger partial charge in [-0.3, -0.25) is 0 Å². The number of fused-ring (bicyclic) bond motifs is 1. The first-order chi connectivity index (χ1) is 13.2. The summed E-state index contributed by atoms with van der Waals surface area (Å²) in [7, 11) is 0. The number of carbonyl (C=O) groups excluding carboxylic acids is 2. The highest BCUT2D eigenvalue weighted by molar-refractivity contribution is 6.13. The molecule has 1 unspecified atom stereocenters. The van der Waals surface area contributed by atoms with E-state index in [1.807, 2.05) is 18.2 Å². The van der Waals surface area contributed by atoms with E-state index in [4.69, 9.17) is 4.74 Å². The van der Waals surface area contributed by atoms with Crippen LogP contribution in [0.15, 0.2) is 42.5 Å². The molecule has 1 N–H and O–H groups in total. The molecule has 0 radical (unpaired) electrons. The van der Waals surface area contributed by atoms with Crippen LogP contribution in [0.3, 0.4) is 0 Å². The molecule has 0 bridgehead atoms. The maximum atomic E-state index is 12.5. The number of rotatable bonds is 5. The van der Waals surface area contributed by atoms with Crippen molar-refractivity contribution in [1.82, 2.24) is 0 Å². The molecular weight excluding hydrogens is 342 g/mol. The highest BCUT2D eigenvalue weighted by Gasteiger charge is 2.41. The topological polar surface area (TPSA) is 70.9 Å². The highest BCUT2D eigenvalue weighted by Crippen LogP contribution is 2.41. The maximum Gasteiger partial charge on any atom is 0.353 e. The third-order valence-corrected chi connectivity index (χ3v) is 5.59. The molecule has 1 saturated carbocycles. The van der Waals surface area contributed by atoms with Gasteiger partial charge >= 0.3 is 11.8 Å². The molecule has 1 aliphatic carbocycles. The van der Waals surface area contributed by atoms with Crippen molar-refractivity contribution in [2.24, 2.45) is 0 Å². The SMILES string of the molecule is O=C1c2ccc(OCCc3ccccc3)c(C3CCCCC3)c2C(=O)[NH+]1[O-]. The number of ether oxygens (including phenoxy) is 1. The lowest BCUT2D eigenvalue weighted by molar-refractivity contribution is -0.657. The molecule has 0 spiro atoms. The lowest BCUT2D eigenvalue weighted by Gasteiger charge is -2.25. The van der Waals surface area contributed by atoms with Gasteiger partial charge in [-0.2, -0.15) is 0 Å². The van der Waals surface area contributed by atoms with E-state index in [-0.39, 0.29) is 11.5 Å². The Morgan fingerprint density at radius 2 is 1.70 bits per heavy atom. The van der Waals surface area contributed by atoms with Crippen LogP contribution in [-0.2, 0) is 6.42 Å². The number of amides is 2. The molecule has 2 aromatic carbocycles. The van der Waals surface area contributed by atoms with Crippen LogP contribution < -0.4 is 9.80 Å². The Bertz CT molecular complexity index is 856. The monoisotopic (exact) mass is 365 g/mol. The van der Waals surface area contributed by atoms with Gasteiger partial charge in [0.1, 0.15) is 11.3 Å². The van der Waals surface area contributed by atoms with Crippen molar-refractivity contribution >= 4 is 11.8 Å². The number of hydrogen-bond acceptors (Lipinski definition) is 4. The van der Waals surface area contributed by atoms with E-state index in [2.05, 4.69) is 12.1 Å². The first kappa shape index (κ1) is 17.9. The molecule has 5 heteroatoms. The minimum Gasteiger partial charge on any atom is -0.619 e. The van der Waals surface area contributed by atoms with Gasteiger partial charge in [0.05, 0.1) is 12.2 Å². The van der Waals surface area contributed by atoms with Gasteiger partial charge in [0, 0.05) is 12.0 Å². The zero-order chi connectivity index (χ0) is 18.8. The summed E-state index contributed by atoms with van der Waals surface area (Å²) in [6, 6.07) is 13.4. The second kappa shape index (κ2) is 7.62. The Balaban J connectivity index is 1.64. The van der Waals surface area contributed by atoms with Crippen LogP contribution in [0, 0.1) is 5.21 Å². The summed E-state index contributed by atoms with van der Waals surface area (Å²) in [6.45, 7) is 0.485. The third-order valence-electron chi connectivity index (χ3n) is 5.59. The van der Waals surface area contributed by atoms with E-state index >= 15 is 0 Å². The van der Waals surface area contributed by atoms with Crippen LogP contribution in [0.2, 0.25) is 0 Å². The average molecular weight is 365 g/mol. The molecule has 27 heavy (non-hydrogen) atoms. The minimum absolute atomic E-state index is 0.170. The Morgan fingerprint density at radius 3 is 2.44 bits per heavy atom. The van der Waals surface area contributed by atoms with E-state index in [9.17, 15) is 14.8 Å². The number of nitrogens with one attached hydrogen (secondary N) is 1. The number of quaternary nitrogens is 1. The molecule has 1 atom stereocenters. The van der Waals surface area contributed by atoms with Crippen LogP contribution >= 0.6 is 0 Å². The fourth-order valence-electron chi connectivity index (χ4n) is 4.22. The van der Waals surface area contributed by atoms with Gasteiger partial charge in [-0.15, -0.1) is 0 Å². The molecule has 140 valence electrons. The van der Waals surface area contributed by atoms with Gasteiger partial charge in [-0.1, -0.05) is 49.6 Å². The van der Waals surface area contributed by atoms with Gasteiger partial charge in [0.15, 0.2) is 0 Å². The average Bonchev–Trinajstić information content (AvgIpc) is 2.93. The Kier molecular flexibility index (Phi) is 5.05. The first-order valence-electron chi connectivity index (χ1n) is 9.64. The predicted molar refractivity (Wildman–Crippen MR) is 101 cm³/mol. The number of imide groups is 1. The largest absolute Gasteiger partial charge is 0.619 e. The van der Waals surface area contributed by atoms with Crippen molar-refractivity contribution in [2.45, 2.75) is 44.4 Å². The summed E-state index contributed by atoms with van der Waals surface area (Å²) in [5, 5.41) is 11.1. The second-order valence-electron chi connectivity index (χ2n) is 7.31. The first-order valence-corrected chi connectivity index (χ1v) is 9.64. The summed E-state index contributed by atoms with van der Waals surface area (Å²) in [5.74, 6) is -0.525. The molecule has 1 heterocycles. The molecule has 1 fully saturated rings. The van der Waals surface area contributed by atoms with Gasteiger partial charge in [-0.05, 0) is 36.5 Å². The Morgan fingerprint density at radius 1 is 0.963 bits per heavy atom. The van der Waals surface area contributed by atoms with Crippen LogP contribution in [0.5, 0.6) is 5.75 Å². The summed E-state index contributed by atoms with van der Waals surface area (Å²) < 4.78 is 6.06. The van der Waals surface area contributed by atoms with Crippen LogP contribution in [-0.4, -0.2) is 18.4 Å². The van der Waals surface area contributed by atoms with Crippen LogP contribution in [0.1, 0.15) is 69.9 Å². The van der Waals surface area contributed by atoms with Crippen molar-refractivity contribution in [3.63, 3.8) is 0 Å². The van der Waals surface area contributed by atoms with Crippen molar-refractivity contribution in [1.29, 1.82) is 0 Å². The fraction of sp³-hybridized carbons (Fsp3) is 0.364. The van der Waals surface area contributed by atoms with Gasteiger partial charge in [-0.25, -0.2) is 14.7 Å². The molecule has 0 saturated heterocycles. The number of carbonyl (C=O) groups is 2. The van der Waals surface area contributed by atoms with Crippen LogP contribution in [0.25, 0.3) is 0 Å². The Labute approximate surface area is 158 Å². The quantitative estimate of drug-likeness (QED) is 0.653. The second-order valence-corrected chi connectivity index (χ2v) is 7.31. The molecule has 0 aromatic heterocycles. The van der Waals surface area contributed by atoms with E-state index in [1.54, 1.807) is 12.1 Å². The van der Waals surface area contributed by atoms with E-state index in [1.165, 1.54) is 12.0 Å². The van der Waals surface area contributed by atoms with Gasteiger partial charge in [0.25, 0.3) is 0 Å². The van der Waals surface area contributed by atoms with Gasteiger partial charge < -0.3 is 9.94 Å². The summed E-state index contributed by atoms with van der Waals surface area (Å²) in [5.41, 5.74) is 2.51. The predicted octanol–water partition coefficient (Wildman–Crippen LogP) is 3.03. The minimum atomic E-state index is -0.913. The maximum absolute atomic E-state index is 12.5. The van der Waals surface area contributed by atoms with E-state index < -0.39 is 16.9 Å². The summed E-state index contributed by atoms with van der Waals surface area (Å²) >= 11 is 0. The van der Waals surface area contributed by atoms with Crippen molar-refractivity contribution < 1.29 is 19.4 Å². The lowest BCUT2D eigenvalue weighted by atomic mass is 9.80. The summed E-state index contributed by atoms with van der Waals surface area (Å²) in [4.78, 5) is 24.6. The molecular formula is C22H23NO4. The zero-order valence-corrected chi connectivity index (χ0v) is 15.2.